The Hall–Kier alpha value is -2.16. The van der Waals surface area contributed by atoms with E-state index in [1.807, 2.05) is 12.1 Å². The van der Waals surface area contributed by atoms with Gasteiger partial charge in [0.05, 0.1) is 7.11 Å². The first-order valence-corrected chi connectivity index (χ1v) is 7.25. The molecule has 0 aliphatic rings. The fourth-order valence-electron chi connectivity index (χ4n) is 2.34. The monoisotopic (exact) mass is 284 g/mol. The van der Waals surface area contributed by atoms with Crippen molar-refractivity contribution in [2.75, 3.05) is 38.0 Å². The van der Waals surface area contributed by atoms with Crippen molar-refractivity contribution in [3.8, 4) is 5.75 Å². The highest BCUT2D eigenvalue weighted by atomic mass is 16.5. The van der Waals surface area contributed by atoms with Crippen LogP contribution in [0, 0.1) is 6.92 Å². The van der Waals surface area contributed by atoms with Crippen molar-refractivity contribution < 1.29 is 4.74 Å². The number of benzene rings is 2. The van der Waals surface area contributed by atoms with Gasteiger partial charge >= 0.3 is 0 Å². The van der Waals surface area contributed by atoms with E-state index in [-0.39, 0.29) is 0 Å². The lowest BCUT2D eigenvalue weighted by Crippen LogP contribution is -2.11. The topological polar surface area (TPSA) is 24.5 Å². The van der Waals surface area contributed by atoms with Gasteiger partial charge in [0.1, 0.15) is 5.75 Å². The SMILES string of the molecule is COc1ccc(CCNc2ccc(C)c(N(C)C)c2)cc1. The second kappa shape index (κ2) is 7.02. The van der Waals surface area contributed by atoms with E-state index < -0.39 is 0 Å². The lowest BCUT2D eigenvalue weighted by molar-refractivity contribution is 0.414. The molecule has 0 saturated carbocycles. The summed E-state index contributed by atoms with van der Waals surface area (Å²) in [6.45, 7) is 3.05. The smallest absolute Gasteiger partial charge is 0.118 e. The van der Waals surface area contributed by atoms with Gasteiger partial charge in [-0.15, -0.1) is 0 Å². The second-order valence-corrected chi connectivity index (χ2v) is 5.42. The summed E-state index contributed by atoms with van der Waals surface area (Å²) >= 11 is 0. The summed E-state index contributed by atoms with van der Waals surface area (Å²) in [6.07, 6.45) is 0.995. The highest BCUT2D eigenvalue weighted by molar-refractivity contribution is 5.61. The van der Waals surface area contributed by atoms with Gasteiger partial charge in [-0.1, -0.05) is 18.2 Å². The van der Waals surface area contributed by atoms with Gasteiger partial charge in [-0.25, -0.2) is 0 Å². The van der Waals surface area contributed by atoms with Crippen LogP contribution in [0.4, 0.5) is 11.4 Å². The van der Waals surface area contributed by atoms with Crippen molar-refractivity contribution in [3.05, 3.63) is 53.6 Å². The first kappa shape index (κ1) is 15.2. The molecule has 21 heavy (non-hydrogen) atoms. The minimum Gasteiger partial charge on any atom is -0.497 e. The number of anilines is 2. The molecular weight excluding hydrogens is 260 g/mol. The first-order chi connectivity index (χ1) is 10.1. The Morgan fingerprint density at radius 3 is 2.38 bits per heavy atom. The van der Waals surface area contributed by atoms with Crippen molar-refractivity contribution in [2.45, 2.75) is 13.3 Å². The molecule has 0 spiro atoms. The molecule has 3 heteroatoms. The maximum atomic E-state index is 5.17. The van der Waals surface area contributed by atoms with Gasteiger partial charge in [-0.05, 0) is 48.7 Å². The zero-order chi connectivity index (χ0) is 15.2. The van der Waals surface area contributed by atoms with Gasteiger partial charge in [-0.3, -0.25) is 0 Å². The third-order valence-corrected chi connectivity index (χ3v) is 3.59. The minimum absolute atomic E-state index is 0.904. The summed E-state index contributed by atoms with van der Waals surface area (Å²) < 4.78 is 5.17. The summed E-state index contributed by atoms with van der Waals surface area (Å²) in [5.74, 6) is 0.904. The lowest BCUT2D eigenvalue weighted by Gasteiger charge is -2.17. The molecule has 2 aromatic carbocycles. The van der Waals surface area contributed by atoms with Gasteiger partial charge in [0, 0.05) is 32.0 Å². The molecular formula is C18H24N2O. The van der Waals surface area contributed by atoms with E-state index in [1.165, 1.54) is 16.8 Å². The Labute approximate surface area is 127 Å². The molecule has 0 aliphatic carbocycles. The van der Waals surface area contributed by atoms with Crippen LogP contribution < -0.4 is 15.0 Å². The molecule has 1 N–H and O–H groups in total. The molecule has 0 bridgehead atoms. The van der Waals surface area contributed by atoms with Crippen LogP contribution in [0.3, 0.4) is 0 Å². The highest BCUT2D eigenvalue weighted by Crippen LogP contribution is 2.22. The molecule has 0 radical (unpaired) electrons. The van der Waals surface area contributed by atoms with Crippen LogP contribution in [0.15, 0.2) is 42.5 Å². The summed E-state index contributed by atoms with van der Waals surface area (Å²) in [5.41, 5.74) is 5.02. The number of aryl methyl sites for hydroxylation is 1. The van der Waals surface area contributed by atoms with Gasteiger partial charge in [0.2, 0.25) is 0 Å². The van der Waals surface area contributed by atoms with Gasteiger partial charge in [0.15, 0.2) is 0 Å². The molecule has 0 fully saturated rings. The number of nitrogens with zero attached hydrogens (tertiary/aromatic N) is 1. The Kier molecular flexibility index (Phi) is 5.09. The van der Waals surface area contributed by atoms with Crippen molar-refractivity contribution >= 4 is 11.4 Å². The lowest BCUT2D eigenvalue weighted by atomic mass is 10.1. The summed E-state index contributed by atoms with van der Waals surface area (Å²) in [6, 6.07) is 14.7. The molecule has 0 aromatic heterocycles. The average molecular weight is 284 g/mol. The van der Waals surface area contributed by atoms with E-state index in [9.17, 15) is 0 Å². The zero-order valence-corrected chi connectivity index (χ0v) is 13.3. The maximum Gasteiger partial charge on any atom is 0.118 e. The highest BCUT2D eigenvalue weighted by Gasteiger charge is 2.02. The fourth-order valence-corrected chi connectivity index (χ4v) is 2.34. The summed E-state index contributed by atoms with van der Waals surface area (Å²) in [4.78, 5) is 2.14. The van der Waals surface area contributed by atoms with Crippen molar-refractivity contribution in [3.63, 3.8) is 0 Å². The Morgan fingerprint density at radius 2 is 1.76 bits per heavy atom. The Balaban J connectivity index is 1.92. The molecule has 2 rings (SSSR count). The Morgan fingerprint density at radius 1 is 1.05 bits per heavy atom. The van der Waals surface area contributed by atoms with E-state index >= 15 is 0 Å². The molecule has 0 aliphatic heterocycles. The second-order valence-electron chi connectivity index (χ2n) is 5.42. The van der Waals surface area contributed by atoms with E-state index in [0.717, 1.165) is 24.4 Å². The average Bonchev–Trinajstić information content (AvgIpc) is 2.49. The number of hydrogen-bond acceptors (Lipinski definition) is 3. The number of methoxy groups -OCH3 is 1. The van der Waals surface area contributed by atoms with Gasteiger partial charge < -0.3 is 15.0 Å². The van der Waals surface area contributed by atoms with Crippen LogP contribution in [0.5, 0.6) is 5.75 Å². The van der Waals surface area contributed by atoms with E-state index in [0.29, 0.717) is 0 Å². The fraction of sp³-hybridized carbons (Fsp3) is 0.333. The number of nitrogens with one attached hydrogen (secondary N) is 1. The Bertz CT molecular complexity index is 576. The van der Waals surface area contributed by atoms with Crippen LogP contribution in [0.2, 0.25) is 0 Å². The van der Waals surface area contributed by atoms with E-state index in [2.05, 4.69) is 61.6 Å². The van der Waals surface area contributed by atoms with Crippen molar-refractivity contribution in [1.82, 2.24) is 0 Å². The van der Waals surface area contributed by atoms with Crippen molar-refractivity contribution in [2.24, 2.45) is 0 Å². The molecule has 112 valence electrons. The zero-order valence-electron chi connectivity index (χ0n) is 13.3. The van der Waals surface area contributed by atoms with Crippen LogP contribution in [0.25, 0.3) is 0 Å². The third kappa shape index (κ3) is 4.15. The first-order valence-electron chi connectivity index (χ1n) is 7.25. The molecule has 3 nitrogen and oxygen atoms in total. The summed E-state index contributed by atoms with van der Waals surface area (Å²) in [5, 5.41) is 3.49. The van der Waals surface area contributed by atoms with Gasteiger partial charge in [-0.2, -0.15) is 0 Å². The van der Waals surface area contributed by atoms with Crippen LogP contribution >= 0.6 is 0 Å². The molecule has 0 heterocycles. The molecule has 0 unspecified atom stereocenters. The standard InChI is InChI=1S/C18H24N2O/c1-14-5-8-16(13-18(14)20(2)3)19-12-11-15-6-9-17(21-4)10-7-15/h5-10,13,19H,11-12H2,1-4H3. The predicted octanol–water partition coefficient (Wildman–Crippen LogP) is 3.72. The van der Waals surface area contributed by atoms with Gasteiger partial charge in [0.25, 0.3) is 0 Å². The minimum atomic E-state index is 0.904. The molecule has 0 saturated heterocycles. The molecule has 0 amide bonds. The van der Waals surface area contributed by atoms with E-state index in [1.54, 1.807) is 7.11 Å². The molecule has 0 atom stereocenters. The number of hydrogen-bond donors (Lipinski definition) is 1. The predicted molar refractivity (Wildman–Crippen MR) is 90.7 cm³/mol. The molecule has 2 aromatic rings. The summed E-state index contributed by atoms with van der Waals surface area (Å²) in [7, 11) is 5.84. The maximum absolute atomic E-state index is 5.17. The largest absolute Gasteiger partial charge is 0.497 e. The normalized spacial score (nSPS) is 10.3. The number of rotatable bonds is 6. The van der Waals surface area contributed by atoms with Crippen LogP contribution in [-0.4, -0.2) is 27.7 Å². The third-order valence-electron chi connectivity index (χ3n) is 3.59. The van der Waals surface area contributed by atoms with Crippen molar-refractivity contribution in [1.29, 1.82) is 0 Å². The number of ether oxygens (including phenoxy) is 1. The van der Waals surface area contributed by atoms with Crippen LogP contribution in [-0.2, 0) is 6.42 Å². The van der Waals surface area contributed by atoms with Crippen LogP contribution in [0.1, 0.15) is 11.1 Å². The van der Waals surface area contributed by atoms with E-state index in [4.69, 9.17) is 4.74 Å². The quantitative estimate of drug-likeness (QED) is 0.875.